The number of ether oxygens (including phenoxy) is 1. The first-order chi connectivity index (χ1) is 7.57. The van der Waals surface area contributed by atoms with E-state index in [1.807, 2.05) is 25.1 Å². The Kier molecular flexibility index (Phi) is 4.55. The van der Waals surface area contributed by atoms with E-state index >= 15 is 0 Å². The first kappa shape index (κ1) is 12.8. The molecule has 90 valence electrons. The molecule has 4 heteroatoms. The molecule has 1 aromatic heterocycles. The van der Waals surface area contributed by atoms with Crippen LogP contribution in [0.25, 0.3) is 0 Å². The molecule has 0 aliphatic carbocycles. The third-order valence-corrected chi connectivity index (χ3v) is 2.32. The number of pyridine rings is 1. The monoisotopic (exact) mass is 223 g/mol. The van der Waals surface area contributed by atoms with Gasteiger partial charge < -0.3 is 15.8 Å². The molecule has 0 fully saturated rings. The molecule has 0 unspecified atom stereocenters. The molecule has 4 nitrogen and oxygen atoms in total. The molecule has 0 aliphatic rings. The number of nitrogens with two attached hydrogens (primary N) is 1. The molecule has 0 amide bonds. The van der Waals surface area contributed by atoms with Crippen molar-refractivity contribution in [3.63, 3.8) is 0 Å². The minimum Gasteiger partial charge on any atom is -0.478 e. The van der Waals surface area contributed by atoms with Crippen LogP contribution in [0.3, 0.4) is 0 Å². The molecule has 1 rings (SSSR count). The van der Waals surface area contributed by atoms with Gasteiger partial charge in [0, 0.05) is 12.6 Å². The maximum Gasteiger partial charge on any atom is 0.215 e. The Balaban J connectivity index is 2.57. The average molecular weight is 223 g/mol. The number of aromatic nitrogens is 1. The summed E-state index contributed by atoms with van der Waals surface area (Å²) in [6, 6.07) is 5.70. The van der Waals surface area contributed by atoms with E-state index in [0.717, 1.165) is 12.4 Å². The number of anilines is 1. The number of rotatable bonds is 6. The van der Waals surface area contributed by atoms with Crippen molar-refractivity contribution in [3.05, 3.63) is 18.2 Å². The van der Waals surface area contributed by atoms with E-state index < -0.39 is 0 Å². The van der Waals surface area contributed by atoms with Crippen molar-refractivity contribution in [2.75, 3.05) is 25.0 Å². The second-order valence-electron chi connectivity index (χ2n) is 4.52. The summed E-state index contributed by atoms with van der Waals surface area (Å²) in [4.78, 5) is 4.33. The Labute approximate surface area is 97.2 Å². The molecule has 0 aliphatic heterocycles. The highest BCUT2D eigenvalue weighted by molar-refractivity contribution is 5.37. The molecule has 0 radical (unpaired) electrons. The summed E-state index contributed by atoms with van der Waals surface area (Å²) in [5, 5.41) is 3.26. The highest BCUT2D eigenvalue weighted by Gasteiger charge is 2.15. The Hall–Kier alpha value is -1.29. The number of hydrogen-bond donors (Lipinski definition) is 2. The quantitative estimate of drug-likeness (QED) is 0.773. The lowest BCUT2D eigenvalue weighted by molar-refractivity contribution is 0.327. The highest BCUT2D eigenvalue weighted by atomic mass is 16.5. The fraction of sp³-hybridized carbons (Fsp3) is 0.583. The second-order valence-corrected chi connectivity index (χ2v) is 4.52. The minimum atomic E-state index is 0.0727. The van der Waals surface area contributed by atoms with Crippen LogP contribution in [0.4, 0.5) is 5.82 Å². The predicted octanol–water partition coefficient (Wildman–Crippen LogP) is 1.88. The SMILES string of the molecule is CCOc1cccc(NCC(C)(C)CN)n1. The van der Waals surface area contributed by atoms with Crippen LogP contribution >= 0.6 is 0 Å². The predicted molar refractivity (Wildman–Crippen MR) is 66.7 cm³/mol. The maximum absolute atomic E-state index is 5.66. The summed E-state index contributed by atoms with van der Waals surface area (Å²) >= 11 is 0. The average Bonchev–Trinajstić information content (AvgIpc) is 2.28. The van der Waals surface area contributed by atoms with Gasteiger partial charge >= 0.3 is 0 Å². The first-order valence-corrected chi connectivity index (χ1v) is 5.61. The van der Waals surface area contributed by atoms with Gasteiger partial charge in [0.2, 0.25) is 5.88 Å². The van der Waals surface area contributed by atoms with Crippen LogP contribution in [0.5, 0.6) is 5.88 Å². The van der Waals surface area contributed by atoms with Gasteiger partial charge in [0.05, 0.1) is 6.61 Å². The Morgan fingerprint density at radius 3 is 2.81 bits per heavy atom. The third kappa shape index (κ3) is 4.06. The second kappa shape index (κ2) is 5.70. The van der Waals surface area contributed by atoms with Gasteiger partial charge in [0.15, 0.2) is 0 Å². The zero-order valence-electron chi connectivity index (χ0n) is 10.3. The van der Waals surface area contributed by atoms with Gasteiger partial charge in [0.25, 0.3) is 0 Å². The lowest BCUT2D eigenvalue weighted by Crippen LogP contribution is -2.31. The molecule has 0 saturated heterocycles. The van der Waals surface area contributed by atoms with Gasteiger partial charge in [-0.25, -0.2) is 0 Å². The van der Waals surface area contributed by atoms with Crippen molar-refractivity contribution in [2.45, 2.75) is 20.8 Å². The summed E-state index contributed by atoms with van der Waals surface area (Å²) < 4.78 is 5.33. The van der Waals surface area contributed by atoms with E-state index in [4.69, 9.17) is 10.5 Å². The van der Waals surface area contributed by atoms with Crippen LogP contribution in [0.15, 0.2) is 18.2 Å². The normalized spacial score (nSPS) is 11.2. The molecule has 1 heterocycles. The summed E-state index contributed by atoms with van der Waals surface area (Å²) in [6.07, 6.45) is 0. The molecular formula is C12H21N3O. The standard InChI is InChI=1S/C12H21N3O/c1-4-16-11-7-5-6-10(15-11)14-9-12(2,3)8-13/h5-7H,4,8-9,13H2,1-3H3,(H,14,15). The van der Waals surface area contributed by atoms with Gasteiger partial charge in [-0.3, -0.25) is 0 Å². The van der Waals surface area contributed by atoms with Gasteiger partial charge in [-0.2, -0.15) is 4.98 Å². The molecule has 0 atom stereocenters. The van der Waals surface area contributed by atoms with Crippen LogP contribution in [-0.4, -0.2) is 24.7 Å². The molecule has 16 heavy (non-hydrogen) atoms. The molecule has 0 bridgehead atoms. The zero-order valence-corrected chi connectivity index (χ0v) is 10.3. The number of nitrogens with zero attached hydrogens (tertiary/aromatic N) is 1. The van der Waals surface area contributed by atoms with E-state index in [-0.39, 0.29) is 5.41 Å². The molecule has 0 spiro atoms. The van der Waals surface area contributed by atoms with Crippen molar-refractivity contribution < 1.29 is 4.74 Å². The number of hydrogen-bond acceptors (Lipinski definition) is 4. The van der Waals surface area contributed by atoms with E-state index in [1.54, 1.807) is 0 Å². The van der Waals surface area contributed by atoms with Crippen LogP contribution in [-0.2, 0) is 0 Å². The van der Waals surface area contributed by atoms with E-state index in [1.165, 1.54) is 0 Å². The lowest BCUT2D eigenvalue weighted by Gasteiger charge is -2.22. The molecule has 0 saturated carbocycles. The Bertz CT molecular complexity index is 326. The third-order valence-electron chi connectivity index (χ3n) is 2.32. The summed E-state index contributed by atoms with van der Waals surface area (Å²) in [7, 11) is 0. The van der Waals surface area contributed by atoms with Crippen molar-refractivity contribution in [1.29, 1.82) is 0 Å². The van der Waals surface area contributed by atoms with Crippen molar-refractivity contribution in [2.24, 2.45) is 11.1 Å². The topological polar surface area (TPSA) is 60.2 Å². The molecule has 3 N–H and O–H groups in total. The fourth-order valence-corrected chi connectivity index (χ4v) is 1.14. The zero-order chi connectivity index (χ0) is 12.0. The maximum atomic E-state index is 5.66. The van der Waals surface area contributed by atoms with Crippen LogP contribution in [0.2, 0.25) is 0 Å². The largest absolute Gasteiger partial charge is 0.478 e. The summed E-state index contributed by atoms with van der Waals surface area (Å²) in [6.45, 7) is 8.25. The van der Waals surface area contributed by atoms with Gasteiger partial charge in [-0.1, -0.05) is 19.9 Å². The van der Waals surface area contributed by atoms with Crippen LogP contribution in [0, 0.1) is 5.41 Å². The van der Waals surface area contributed by atoms with Crippen LogP contribution in [0.1, 0.15) is 20.8 Å². The smallest absolute Gasteiger partial charge is 0.215 e. The van der Waals surface area contributed by atoms with Gasteiger partial charge in [-0.15, -0.1) is 0 Å². The van der Waals surface area contributed by atoms with E-state index in [9.17, 15) is 0 Å². The van der Waals surface area contributed by atoms with E-state index in [2.05, 4.69) is 24.1 Å². The fourth-order valence-electron chi connectivity index (χ4n) is 1.14. The van der Waals surface area contributed by atoms with Crippen LogP contribution < -0.4 is 15.8 Å². The van der Waals surface area contributed by atoms with Gasteiger partial charge in [0.1, 0.15) is 5.82 Å². The molecular weight excluding hydrogens is 202 g/mol. The summed E-state index contributed by atoms with van der Waals surface area (Å²) in [5.41, 5.74) is 5.74. The van der Waals surface area contributed by atoms with Crippen molar-refractivity contribution in [1.82, 2.24) is 4.98 Å². The highest BCUT2D eigenvalue weighted by Crippen LogP contribution is 2.16. The van der Waals surface area contributed by atoms with Gasteiger partial charge in [-0.05, 0) is 24.9 Å². The minimum absolute atomic E-state index is 0.0727. The molecule has 1 aromatic rings. The Morgan fingerprint density at radius 2 is 2.19 bits per heavy atom. The molecule has 0 aromatic carbocycles. The van der Waals surface area contributed by atoms with Crippen molar-refractivity contribution >= 4 is 5.82 Å². The summed E-state index contributed by atoms with van der Waals surface area (Å²) in [5.74, 6) is 1.48. The Morgan fingerprint density at radius 1 is 1.44 bits per heavy atom. The number of nitrogens with one attached hydrogen (secondary N) is 1. The van der Waals surface area contributed by atoms with Crippen molar-refractivity contribution in [3.8, 4) is 5.88 Å². The first-order valence-electron chi connectivity index (χ1n) is 5.61. The van der Waals surface area contributed by atoms with E-state index in [0.29, 0.717) is 19.0 Å². The lowest BCUT2D eigenvalue weighted by atomic mass is 9.94.